The van der Waals surface area contributed by atoms with E-state index in [2.05, 4.69) is 23.6 Å². The normalized spacial score (nSPS) is 19.9. The van der Waals surface area contributed by atoms with Crippen molar-refractivity contribution in [3.8, 4) is 0 Å². The van der Waals surface area contributed by atoms with E-state index in [1.807, 2.05) is 18.5 Å². The van der Waals surface area contributed by atoms with E-state index in [9.17, 15) is 4.79 Å². The molecule has 3 nitrogen and oxygen atoms in total. The maximum atomic E-state index is 12.2. The summed E-state index contributed by atoms with van der Waals surface area (Å²) >= 11 is 1.69. The SMILES string of the molecule is CNC1(CC(=O)NC(C)c2cccs2)CCCCC1. The highest BCUT2D eigenvalue weighted by Crippen LogP contribution is 2.31. The number of rotatable bonds is 5. The zero-order chi connectivity index (χ0) is 13.7. The van der Waals surface area contributed by atoms with Crippen molar-refractivity contribution < 1.29 is 4.79 Å². The number of nitrogens with one attached hydrogen (secondary N) is 2. The van der Waals surface area contributed by atoms with Gasteiger partial charge in [0.2, 0.25) is 5.91 Å². The summed E-state index contributed by atoms with van der Waals surface area (Å²) in [6, 6.07) is 4.22. The van der Waals surface area contributed by atoms with Crippen LogP contribution in [0.2, 0.25) is 0 Å². The van der Waals surface area contributed by atoms with Gasteiger partial charge in [-0.15, -0.1) is 11.3 Å². The summed E-state index contributed by atoms with van der Waals surface area (Å²) < 4.78 is 0. The first-order chi connectivity index (χ1) is 9.15. The van der Waals surface area contributed by atoms with Gasteiger partial charge in [-0.25, -0.2) is 0 Å². The predicted octanol–water partition coefficient (Wildman–Crippen LogP) is 3.24. The molecule has 2 rings (SSSR count). The maximum Gasteiger partial charge on any atom is 0.222 e. The Morgan fingerprint density at radius 1 is 1.42 bits per heavy atom. The highest BCUT2D eigenvalue weighted by atomic mass is 32.1. The second kappa shape index (κ2) is 6.53. The van der Waals surface area contributed by atoms with Crippen LogP contribution in [0.15, 0.2) is 17.5 Å². The first-order valence-corrected chi connectivity index (χ1v) is 8.05. The van der Waals surface area contributed by atoms with Crippen LogP contribution in [-0.2, 0) is 4.79 Å². The van der Waals surface area contributed by atoms with Gasteiger partial charge in [-0.3, -0.25) is 4.79 Å². The third kappa shape index (κ3) is 3.80. The zero-order valence-corrected chi connectivity index (χ0v) is 12.7. The van der Waals surface area contributed by atoms with E-state index in [0.717, 1.165) is 12.8 Å². The Labute approximate surface area is 119 Å². The van der Waals surface area contributed by atoms with Crippen LogP contribution in [0, 0.1) is 0 Å². The largest absolute Gasteiger partial charge is 0.349 e. The van der Waals surface area contributed by atoms with Crippen LogP contribution >= 0.6 is 11.3 Å². The van der Waals surface area contributed by atoms with E-state index >= 15 is 0 Å². The molecule has 1 fully saturated rings. The molecule has 1 heterocycles. The number of carbonyl (C=O) groups excluding carboxylic acids is 1. The lowest BCUT2D eigenvalue weighted by atomic mass is 9.79. The second-order valence-corrected chi connectivity index (χ2v) is 6.55. The molecule has 0 aromatic carbocycles. The van der Waals surface area contributed by atoms with Gasteiger partial charge in [0.15, 0.2) is 0 Å². The van der Waals surface area contributed by atoms with E-state index in [-0.39, 0.29) is 17.5 Å². The summed E-state index contributed by atoms with van der Waals surface area (Å²) in [5, 5.41) is 8.57. The zero-order valence-electron chi connectivity index (χ0n) is 11.9. The third-order valence-electron chi connectivity index (χ3n) is 4.19. The van der Waals surface area contributed by atoms with Crippen LogP contribution in [0.4, 0.5) is 0 Å². The van der Waals surface area contributed by atoms with Gasteiger partial charge in [0.25, 0.3) is 0 Å². The molecular weight excluding hydrogens is 256 g/mol. The minimum absolute atomic E-state index is 0.0253. The van der Waals surface area contributed by atoms with Crippen LogP contribution < -0.4 is 10.6 Å². The molecule has 0 aliphatic heterocycles. The quantitative estimate of drug-likeness (QED) is 0.869. The van der Waals surface area contributed by atoms with Crippen LogP contribution in [0.1, 0.15) is 56.4 Å². The average molecular weight is 280 g/mol. The molecule has 106 valence electrons. The van der Waals surface area contributed by atoms with Crippen molar-refractivity contribution in [2.45, 2.75) is 57.0 Å². The van der Waals surface area contributed by atoms with E-state index in [0.29, 0.717) is 6.42 Å². The molecule has 2 N–H and O–H groups in total. The van der Waals surface area contributed by atoms with Gasteiger partial charge in [-0.05, 0) is 38.3 Å². The number of amides is 1. The molecule has 1 aliphatic carbocycles. The molecule has 0 bridgehead atoms. The summed E-state index contributed by atoms with van der Waals surface area (Å²) in [6.07, 6.45) is 6.59. The second-order valence-electron chi connectivity index (χ2n) is 5.57. The molecule has 4 heteroatoms. The summed E-state index contributed by atoms with van der Waals surface area (Å²) in [5.74, 6) is 0.164. The lowest BCUT2D eigenvalue weighted by molar-refractivity contribution is -0.123. The van der Waals surface area contributed by atoms with Gasteiger partial charge in [-0.1, -0.05) is 25.3 Å². The first kappa shape index (κ1) is 14.5. The van der Waals surface area contributed by atoms with Crippen molar-refractivity contribution in [3.63, 3.8) is 0 Å². The molecule has 1 atom stereocenters. The molecule has 1 amide bonds. The fraction of sp³-hybridized carbons (Fsp3) is 0.667. The van der Waals surface area contributed by atoms with E-state index in [4.69, 9.17) is 0 Å². The van der Waals surface area contributed by atoms with Crippen molar-refractivity contribution in [2.24, 2.45) is 0 Å². The molecule has 1 unspecified atom stereocenters. The maximum absolute atomic E-state index is 12.2. The van der Waals surface area contributed by atoms with Crippen molar-refractivity contribution in [3.05, 3.63) is 22.4 Å². The van der Waals surface area contributed by atoms with Gasteiger partial charge in [-0.2, -0.15) is 0 Å². The van der Waals surface area contributed by atoms with Crippen LogP contribution in [0.3, 0.4) is 0 Å². The van der Waals surface area contributed by atoms with Gasteiger partial charge in [0, 0.05) is 16.8 Å². The average Bonchev–Trinajstić information content (AvgIpc) is 2.93. The molecule has 1 aromatic rings. The Morgan fingerprint density at radius 2 is 2.16 bits per heavy atom. The van der Waals surface area contributed by atoms with Gasteiger partial charge >= 0.3 is 0 Å². The highest BCUT2D eigenvalue weighted by Gasteiger charge is 2.32. The lowest BCUT2D eigenvalue weighted by Crippen LogP contribution is -2.48. The summed E-state index contributed by atoms with van der Waals surface area (Å²) in [6.45, 7) is 2.05. The van der Waals surface area contributed by atoms with Gasteiger partial charge in [0.05, 0.1) is 6.04 Å². The smallest absolute Gasteiger partial charge is 0.222 e. The standard InChI is InChI=1S/C15H24N2OS/c1-12(13-7-6-10-19-13)17-14(18)11-15(16-2)8-4-3-5-9-15/h6-7,10,12,16H,3-5,8-9,11H2,1-2H3,(H,17,18). The van der Waals surface area contributed by atoms with Crippen LogP contribution in [-0.4, -0.2) is 18.5 Å². The molecular formula is C15H24N2OS. The van der Waals surface area contributed by atoms with E-state index in [1.165, 1.54) is 24.1 Å². The van der Waals surface area contributed by atoms with Crippen molar-refractivity contribution in [1.29, 1.82) is 0 Å². The summed E-state index contributed by atoms with van der Waals surface area (Å²) in [5.41, 5.74) is 0.0253. The minimum Gasteiger partial charge on any atom is -0.349 e. The van der Waals surface area contributed by atoms with E-state index < -0.39 is 0 Å². The molecule has 1 aliphatic rings. The van der Waals surface area contributed by atoms with Crippen molar-refractivity contribution in [2.75, 3.05) is 7.05 Å². The highest BCUT2D eigenvalue weighted by molar-refractivity contribution is 7.10. The Hall–Kier alpha value is -0.870. The van der Waals surface area contributed by atoms with E-state index in [1.54, 1.807) is 11.3 Å². The van der Waals surface area contributed by atoms with Crippen LogP contribution in [0.25, 0.3) is 0 Å². The number of hydrogen-bond acceptors (Lipinski definition) is 3. The van der Waals surface area contributed by atoms with Gasteiger partial charge in [0.1, 0.15) is 0 Å². The summed E-state index contributed by atoms with van der Waals surface area (Å²) in [4.78, 5) is 13.5. The molecule has 1 aromatic heterocycles. The minimum atomic E-state index is 0.0253. The Balaban J connectivity index is 1.89. The van der Waals surface area contributed by atoms with Gasteiger partial charge < -0.3 is 10.6 Å². The topological polar surface area (TPSA) is 41.1 Å². The number of thiophene rings is 1. The number of carbonyl (C=O) groups is 1. The fourth-order valence-electron chi connectivity index (χ4n) is 2.95. The predicted molar refractivity (Wildman–Crippen MR) is 80.4 cm³/mol. The number of hydrogen-bond donors (Lipinski definition) is 2. The monoisotopic (exact) mass is 280 g/mol. The Kier molecular flexibility index (Phi) is 4.99. The fourth-order valence-corrected chi connectivity index (χ4v) is 3.69. The Morgan fingerprint density at radius 3 is 2.74 bits per heavy atom. The third-order valence-corrected chi connectivity index (χ3v) is 5.24. The Bertz CT molecular complexity index is 396. The molecule has 0 spiro atoms. The van der Waals surface area contributed by atoms with Crippen molar-refractivity contribution in [1.82, 2.24) is 10.6 Å². The molecule has 19 heavy (non-hydrogen) atoms. The summed E-state index contributed by atoms with van der Waals surface area (Å²) in [7, 11) is 1.99. The molecule has 0 radical (unpaired) electrons. The molecule has 0 saturated heterocycles. The van der Waals surface area contributed by atoms with Crippen molar-refractivity contribution >= 4 is 17.2 Å². The first-order valence-electron chi connectivity index (χ1n) is 7.17. The molecule has 1 saturated carbocycles. The lowest BCUT2D eigenvalue weighted by Gasteiger charge is -2.37. The van der Waals surface area contributed by atoms with Crippen LogP contribution in [0.5, 0.6) is 0 Å².